The summed E-state index contributed by atoms with van der Waals surface area (Å²) >= 11 is 6.08. The SMILES string of the molecule is COC(=O)[C@H](Cc1cccc2ccccc12)NC(=O)c1ccccc1Cl. The summed E-state index contributed by atoms with van der Waals surface area (Å²) < 4.78 is 4.88. The van der Waals surface area contributed by atoms with E-state index in [9.17, 15) is 9.59 Å². The average molecular weight is 368 g/mol. The normalized spacial score (nSPS) is 11.8. The molecule has 0 radical (unpaired) electrons. The monoisotopic (exact) mass is 367 g/mol. The molecule has 0 bridgehead atoms. The van der Waals surface area contributed by atoms with E-state index >= 15 is 0 Å². The fourth-order valence-corrected chi connectivity index (χ4v) is 3.13. The minimum absolute atomic E-state index is 0.320. The Bertz CT molecular complexity index is 949. The smallest absolute Gasteiger partial charge is 0.328 e. The number of hydrogen-bond donors (Lipinski definition) is 1. The predicted molar refractivity (Wildman–Crippen MR) is 102 cm³/mol. The first-order valence-corrected chi connectivity index (χ1v) is 8.58. The van der Waals surface area contributed by atoms with Crippen molar-refractivity contribution in [2.75, 3.05) is 7.11 Å². The highest BCUT2D eigenvalue weighted by molar-refractivity contribution is 6.33. The topological polar surface area (TPSA) is 55.4 Å². The molecule has 0 saturated carbocycles. The zero-order valence-corrected chi connectivity index (χ0v) is 15.0. The van der Waals surface area contributed by atoms with Crippen LogP contribution >= 0.6 is 11.6 Å². The molecule has 1 N–H and O–H groups in total. The number of carbonyl (C=O) groups is 2. The Kier molecular flexibility index (Phi) is 5.54. The number of benzene rings is 3. The van der Waals surface area contributed by atoms with Crippen LogP contribution in [0.3, 0.4) is 0 Å². The molecule has 3 rings (SSSR count). The van der Waals surface area contributed by atoms with E-state index in [2.05, 4.69) is 5.32 Å². The number of hydrogen-bond acceptors (Lipinski definition) is 3. The standard InChI is InChI=1S/C21H18ClNO3/c1-26-21(25)19(23-20(24)17-11-4-5-12-18(17)22)13-15-9-6-8-14-7-2-3-10-16(14)15/h2-12,19H,13H2,1H3,(H,23,24)/t19-/m0/s1. The Hall–Kier alpha value is -2.85. The van der Waals surface area contributed by atoms with Crippen molar-refractivity contribution in [1.82, 2.24) is 5.32 Å². The first kappa shape index (κ1) is 18.0. The summed E-state index contributed by atoms with van der Waals surface area (Å²) in [5.41, 5.74) is 1.28. The number of halogens is 1. The molecule has 3 aromatic rings. The lowest BCUT2D eigenvalue weighted by atomic mass is 9.98. The largest absolute Gasteiger partial charge is 0.467 e. The van der Waals surface area contributed by atoms with E-state index in [4.69, 9.17) is 16.3 Å². The van der Waals surface area contributed by atoms with E-state index in [1.165, 1.54) is 7.11 Å². The summed E-state index contributed by atoms with van der Waals surface area (Å²) in [7, 11) is 1.31. The van der Waals surface area contributed by atoms with Crippen LogP contribution < -0.4 is 5.32 Å². The van der Waals surface area contributed by atoms with Crippen LogP contribution in [0.25, 0.3) is 10.8 Å². The maximum Gasteiger partial charge on any atom is 0.328 e. The van der Waals surface area contributed by atoms with Gasteiger partial charge in [-0.05, 0) is 28.5 Å². The molecule has 0 spiro atoms. The Morgan fingerprint density at radius 2 is 1.69 bits per heavy atom. The van der Waals surface area contributed by atoms with Crippen molar-refractivity contribution in [2.45, 2.75) is 12.5 Å². The Labute approximate surface area is 156 Å². The number of amides is 1. The van der Waals surface area contributed by atoms with Gasteiger partial charge in [-0.1, -0.05) is 66.2 Å². The summed E-state index contributed by atoms with van der Waals surface area (Å²) in [5, 5.41) is 5.19. The number of carbonyl (C=O) groups excluding carboxylic acids is 2. The van der Waals surface area contributed by atoms with Gasteiger partial charge in [-0.25, -0.2) is 4.79 Å². The maximum atomic E-state index is 12.5. The summed E-state index contributed by atoms with van der Waals surface area (Å²) in [5.74, 6) is -0.912. The van der Waals surface area contributed by atoms with Gasteiger partial charge < -0.3 is 10.1 Å². The van der Waals surface area contributed by atoms with Gasteiger partial charge in [0, 0.05) is 6.42 Å². The molecule has 0 unspecified atom stereocenters. The molecule has 0 aliphatic heterocycles. The fraction of sp³-hybridized carbons (Fsp3) is 0.143. The lowest BCUT2D eigenvalue weighted by Gasteiger charge is -2.18. The number of fused-ring (bicyclic) bond motifs is 1. The summed E-state index contributed by atoms with van der Waals surface area (Å²) in [6, 6.07) is 19.7. The maximum absolute atomic E-state index is 12.5. The minimum Gasteiger partial charge on any atom is -0.467 e. The molecule has 1 amide bonds. The minimum atomic E-state index is -0.811. The van der Waals surface area contributed by atoms with Gasteiger partial charge in [-0.3, -0.25) is 4.79 Å². The molecule has 0 aliphatic rings. The molecule has 4 nitrogen and oxygen atoms in total. The van der Waals surface area contributed by atoms with Crippen LogP contribution in [0.2, 0.25) is 5.02 Å². The molecule has 0 fully saturated rings. The van der Waals surface area contributed by atoms with Crippen LogP contribution in [0, 0.1) is 0 Å². The number of ether oxygens (including phenoxy) is 1. The van der Waals surface area contributed by atoms with Crippen LogP contribution in [0.1, 0.15) is 15.9 Å². The summed E-state index contributed by atoms with van der Waals surface area (Å²) in [6.07, 6.45) is 0.324. The fourth-order valence-electron chi connectivity index (χ4n) is 2.91. The van der Waals surface area contributed by atoms with Crippen LogP contribution in [0.5, 0.6) is 0 Å². The number of nitrogens with one attached hydrogen (secondary N) is 1. The van der Waals surface area contributed by atoms with Gasteiger partial charge >= 0.3 is 5.97 Å². The second-order valence-electron chi connectivity index (χ2n) is 5.87. The molecule has 0 aromatic heterocycles. The van der Waals surface area contributed by atoms with E-state index in [-0.39, 0.29) is 0 Å². The highest BCUT2D eigenvalue weighted by Gasteiger charge is 2.24. The van der Waals surface area contributed by atoms with E-state index in [0.29, 0.717) is 17.0 Å². The van der Waals surface area contributed by atoms with Crippen molar-refractivity contribution >= 4 is 34.2 Å². The van der Waals surface area contributed by atoms with Gasteiger partial charge in [-0.15, -0.1) is 0 Å². The Morgan fingerprint density at radius 1 is 1.00 bits per heavy atom. The van der Waals surface area contributed by atoms with Crippen molar-refractivity contribution in [3.8, 4) is 0 Å². The highest BCUT2D eigenvalue weighted by atomic mass is 35.5. The molecule has 1 atom stereocenters. The van der Waals surface area contributed by atoms with Crippen molar-refractivity contribution < 1.29 is 14.3 Å². The second-order valence-corrected chi connectivity index (χ2v) is 6.28. The Balaban J connectivity index is 1.88. The molecule has 0 aliphatic carbocycles. The number of esters is 1. The van der Waals surface area contributed by atoms with E-state index in [1.54, 1.807) is 24.3 Å². The van der Waals surface area contributed by atoms with Crippen LogP contribution in [0.4, 0.5) is 0 Å². The first-order valence-electron chi connectivity index (χ1n) is 8.20. The average Bonchev–Trinajstić information content (AvgIpc) is 2.67. The lowest BCUT2D eigenvalue weighted by Crippen LogP contribution is -2.43. The third-order valence-electron chi connectivity index (χ3n) is 4.21. The van der Waals surface area contributed by atoms with E-state index < -0.39 is 17.9 Å². The molecule has 5 heteroatoms. The van der Waals surface area contributed by atoms with Crippen LogP contribution in [0.15, 0.2) is 66.7 Å². The van der Waals surface area contributed by atoms with Crippen LogP contribution in [-0.4, -0.2) is 25.0 Å². The molecular weight excluding hydrogens is 350 g/mol. The van der Waals surface area contributed by atoms with Crippen molar-refractivity contribution in [2.24, 2.45) is 0 Å². The zero-order chi connectivity index (χ0) is 18.5. The molecule has 26 heavy (non-hydrogen) atoms. The van der Waals surface area contributed by atoms with Gasteiger partial charge in [0.15, 0.2) is 0 Å². The quantitative estimate of drug-likeness (QED) is 0.693. The van der Waals surface area contributed by atoms with Crippen molar-refractivity contribution in [1.29, 1.82) is 0 Å². The van der Waals surface area contributed by atoms with Gasteiger partial charge in [0.2, 0.25) is 0 Å². The third kappa shape index (κ3) is 3.86. The molecule has 132 valence electrons. The summed E-state index contributed by atoms with van der Waals surface area (Å²) in [4.78, 5) is 24.8. The zero-order valence-electron chi connectivity index (χ0n) is 14.2. The molecule has 0 heterocycles. The van der Waals surface area contributed by atoms with E-state index in [0.717, 1.165) is 16.3 Å². The summed E-state index contributed by atoms with van der Waals surface area (Å²) in [6.45, 7) is 0. The number of rotatable bonds is 5. The predicted octanol–water partition coefficient (Wildman–Crippen LogP) is 4.01. The van der Waals surface area contributed by atoms with Gasteiger partial charge in [-0.2, -0.15) is 0 Å². The lowest BCUT2D eigenvalue weighted by molar-refractivity contribution is -0.142. The third-order valence-corrected chi connectivity index (χ3v) is 4.54. The molecule has 0 saturated heterocycles. The molecule has 3 aromatic carbocycles. The van der Waals surface area contributed by atoms with Gasteiger partial charge in [0.25, 0.3) is 5.91 Å². The number of methoxy groups -OCH3 is 1. The van der Waals surface area contributed by atoms with Crippen molar-refractivity contribution in [3.63, 3.8) is 0 Å². The highest BCUT2D eigenvalue weighted by Crippen LogP contribution is 2.21. The first-order chi connectivity index (χ1) is 12.6. The van der Waals surface area contributed by atoms with Gasteiger partial charge in [0.1, 0.15) is 6.04 Å². The van der Waals surface area contributed by atoms with Crippen LogP contribution in [-0.2, 0) is 16.0 Å². The van der Waals surface area contributed by atoms with Gasteiger partial charge in [0.05, 0.1) is 17.7 Å². The van der Waals surface area contributed by atoms with Crippen molar-refractivity contribution in [3.05, 3.63) is 82.9 Å². The Morgan fingerprint density at radius 3 is 2.46 bits per heavy atom. The second kappa shape index (κ2) is 8.02. The van der Waals surface area contributed by atoms with E-state index in [1.807, 2.05) is 42.5 Å². The molecular formula is C21H18ClNO3.